The Balaban J connectivity index is 2.31. The minimum absolute atomic E-state index is 0.216. The second kappa shape index (κ2) is 8.13. The summed E-state index contributed by atoms with van der Waals surface area (Å²) in [6, 6.07) is 10.0. The first-order valence-electron chi connectivity index (χ1n) is 6.42. The summed E-state index contributed by atoms with van der Waals surface area (Å²) in [5.74, 6) is -1.24. The van der Waals surface area contributed by atoms with E-state index in [9.17, 15) is 9.59 Å². The van der Waals surface area contributed by atoms with Crippen molar-refractivity contribution in [3.05, 3.63) is 30.3 Å². The predicted molar refractivity (Wildman–Crippen MR) is 74.2 cm³/mol. The van der Waals surface area contributed by atoms with Crippen molar-refractivity contribution in [2.45, 2.75) is 19.8 Å². The van der Waals surface area contributed by atoms with Crippen LogP contribution in [0.3, 0.4) is 0 Å². The molecule has 5 heteroatoms. The Morgan fingerprint density at radius 1 is 1.26 bits per heavy atom. The molecule has 0 fully saturated rings. The van der Waals surface area contributed by atoms with E-state index < -0.39 is 5.97 Å². The smallest absolute Gasteiger partial charge is 0.322 e. The van der Waals surface area contributed by atoms with Crippen LogP contribution >= 0.6 is 0 Å². The van der Waals surface area contributed by atoms with Crippen LogP contribution in [-0.2, 0) is 9.59 Å². The second-order valence-electron chi connectivity index (χ2n) is 4.19. The Hall–Kier alpha value is -2.04. The van der Waals surface area contributed by atoms with Gasteiger partial charge in [-0.3, -0.25) is 9.59 Å². The average molecular weight is 264 g/mol. The SMILES string of the molecule is CCN(CCCC(=O)NCC(=O)O)c1ccccc1. The van der Waals surface area contributed by atoms with Crippen molar-refractivity contribution < 1.29 is 14.7 Å². The molecule has 0 aliphatic rings. The number of carbonyl (C=O) groups excluding carboxylic acids is 1. The summed E-state index contributed by atoms with van der Waals surface area (Å²) in [5, 5.41) is 10.8. The molecule has 2 N–H and O–H groups in total. The summed E-state index contributed by atoms with van der Waals surface area (Å²) < 4.78 is 0. The number of hydrogen-bond acceptors (Lipinski definition) is 3. The zero-order chi connectivity index (χ0) is 14.1. The van der Waals surface area contributed by atoms with Gasteiger partial charge in [0.2, 0.25) is 5.91 Å². The van der Waals surface area contributed by atoms with Gasteiger partial charge in [-0.25, -0.2) is 0 Å². The minimum atomic E-state index is -1.02. The van der Waals surface area contributed by atoms with Crippen LogP contribution in [0.4, 0.5) is 5.69 Å². The van der Waals surface area contributed by atoms with E-state index in [1.54, 1.807) is 0 Å². The molecule has 0 heterocycles. The molecule has 104 valence electrons. The van der Waals surface area contributed by atoms with E-state index in [0.717, 1.165) is 18.8 Å². The van der Waals surface area contributed by atoms with Gasteiger partial charge in [0.15, 0.2) is 0 Å². The van der Waals surface area contributed by atoms with Gasteiger partial charge in [0.1, 0.15) is 6.54 Å². The van der Waals surface area contributed by atoms with Crippen molar-refractivity contribution in [1.82, 2.24) is 5.32 Å². The highest BCUT2D eigenvalue weighted by Crippen LogP contribution is 2.13. The molecule has 1 amide bonds. The number of amides is 1. The number of benzene rings is 1. The van der Waals surface area contributed by atoms with Gasteiger partial charge < -0.3 is 15.3 Å². The van der Waals surface area contributed by atoms with Gasteiger partial charge in [0.05, 0.1) is 0 Å². The van der Waals surface area contributed by atoms with E-state index in [4.69, 9.17) is 5.11 Å². The maximum atomic E-state index is 11.4. The third kappa shape index (κ3) is 5.90. The molecule has 0 saturated carbocycles. The van der Waals surface area contributed by atoms with Crippen LogP contribution in [0.1, 0.15) is 19.8 Å². The van der Waals surface area contributed by atoms with Crippen LogP contribution in [-0.4, -0.2) is 36.6 Å². The molecule has 0 spiro atoms. The third-order valence-corrected chi connectivity index (χ3v) is 2.77. The molecule has 1 aromatic carbocycles. The molecule has 0 aliphatic heterocycles. The molecule has 0 aliphatic carbocycles. The molecule has 0 bridgehead atoms. The molecule has 0 atom stereocenters. The van der Waals surface area contributed by atoms with Gasteiger partial charge in [-0.2, -0.15) is 0 Å². The number of para-hydroxylation sites is 1. The van der Waals surface area contributed by atoms with Crippen LogP contribution in [0.2, 0.25) is 0 Å². The highest BCUT2D eigenvalue weighted by Gasteiger charge is 2.06. The summed E-state index contributed by atoms with van der Waals surface area (Å²) in [6.07, 6.45) is 1.05. The maximum Gasteiger partial charge on any atom is 0.322 e. The van der Waals surface area contributed by atoms with Crippen LogP contribution in [0.25, 0.3) is 0 Å². The fraction of sp³-hybridized carbons (Fsp3) is 0.429. The van der Waals surface area contributed by atoms with Gasteiger partial charge >= 0.3 is 5.97 Å². The van der Waals surface area contributed by atoms with Crippen LogP contribution in [0.15, 0.2) is 30.3 Å². The number of anilines is 1. The number of nitrogens with one attached hydrogen (secondary N) is 1. The summed E-state index contributed by atoms with van der Waals surface area (Å²) >= 11 is 0. The van der Waals surface area contributed by atoms with Gasteiger partial charge in [-0.15, -0.1) is 0 Å². The Kier molecular flexibility index (Phi) is 6.43. The van der Waals surface area contributed by atoms with Gasteiger partial charge in [-0.05, 0) is 25.5 Å². The monoisotopic (exact) mass is 264 g/mol. The molecule has 19 heavy (non-hydrogen) atoms. The van der Waals surface area contributed by atoms with E-state index in [-0.39, 0.29) is 12.5 Å². The molecule has 0 aromatic heterocycles. The molecule has 1 aromatic rings. The molecular formula is C14H20N2O3. The van der Waals surface area contributed by atoms with Gasteiger partial charge in [-0.1, -0.05) is 18.2 Å². The number of carboxylic acids is 1. The summed E-state index contributed by atoms with van der Waals surface area (Å²) in [4.78, 5) is 23.8. The third-order valence-electron chi connectivity index (χ3n) is 2.77. The number of aliphatic carboxylic acids is 1. The Morgan fingerprint density at radius 2 is 1.95 bits per heavy atom. The number of carboxylic acid groups (broad SMARTS) is 1. The lowest BCUT2D eigenvalue weighted by atomic mass is 10.2. The van der Waals surface area contributed by atoms with Crippen LogP contribution in [0, 0.1) is 0 Å². The van der Waals surface area contributed by atoms with Crippen LogP contribution < -0.4 is 10.2 Å². The van der Waals surface area contributed by atoms with E-state index >= 15 is 0 Å². The zero-order valence-electron chi connectivity index (χ0n) is 11.1. The molecule has 0 unspecified atom stereocenters. The highest BCUT2D eigenvalue weighted by molar-refractivity contribution is 5.81. The first-order chi connectivity index (χ1) is 9.13. The van der Waals surface area contributed by atoms with E-state index in [0.29, 0.717) is 12.8 Å². The first kappa shape index (κ1) is 15.0. The normalized spacial score (nSPS) is 9.95. The fourth-order valence-corrected chi connectivity index (χ4v) is 1.80. The van der Waals surface area contributed by atoms with Crippen molar-refractivity contribution in [3.8, 4) is 0 Å². The quantitative estimate of drug-likeness (QED) is 0.746. The number of nitrogens with zero attached hydrogens (tertiary/aromatic N) is 1. The topological polar surface area (TPSA) is 69.6 Å². The number of rotatable bonds is 8. The molecule has 0 saturated heterocycles. The highest BCUT2D eigenvalue weighted by atomic mass is 16.4. The lowest BCUT2D eigenvalue weighted by Gasteiger charge is -2.22. The first-order valence-corrected chi connectivity index (χ1v) is 6.42. The van der Waals surface area contributed by atoms with E-state index in [2.05, 4.69) is 17.1 Å². The molecule has 5 nitrogen and oxygen atoms in total. The summed E-state index contributed by atoms with van der Waals surface area (Å²) in [5.41, 5.74) is 1.14. The van der Waals surface area contributed by atoms with Crippen molar-refractivity contribution in [2.75, 3.05) is 24.5 Å². The fourth-order valence-electron chi connectivity index (χ4n) is 1.80. The van der Waals surface area contributed by atoms with Crippen molar-refractivity contribution in [1.29, 1.82) is 0 Å². The lowest BCUT2D eigenvalue weighted by Crippen LogP contribution is -2.30. The summed E-state index contributed by atoms with van der Waals surface area (Å²) in [6.45, 7) is 3.41. The standard InChI is InChI=1S/C14H20N2O3/c1-2-16(12-7-4-3-5-8-12)10-6-9-13(17)15-11-14(18)19/h3-5,7-8H,2,6,9-11H2,1H3,(H,15,17)(H,18,19). The minimum Gasteiger partial charge on any atom is -0.480 e. The van der Waals surface area contributed by atoms with E-state index in [1.165, 1.54) is 0 Å². The van der Waals surface area contributed by atoms with E-state index in [1.807, 2.05) is 30.3 Å². The molecule has 1 rings (SSSR count). The Bertz CT molecular complexity index is 406. The van der Waals surface area contributed by atoms with Gasteiger partial charge in [0.25, 0.3) is 0 Å². The number of hydrogen-bond donors (Lipinski definition) is 2. The second-order valence-corrected chi connectivity index (χ2v) is 4.19. The Morgan fingerprint density at radius 3 is 2.53 bits per heavy atom. The van der Waals surface area contributed by atoms with Crippen molar-refractivity contribution in [2.24, 2.45) is 0 Å². The molecular weight excluding hydrogens is 244 g/mol. The molecule has 0 radical (unpaired) electrons. The Labute approximate surface area is 113 Å². The average Bonchev–Trinajstić information content (AvgIpc) is 2.42. The number of carbonyl (C=O) groups is 2. The predicted octanol–water partition coefficient (Wildman–Crippen LogP) is 1.49. The largest absolute Gasteiger partial charge is 0.480 e. The zero-order valence-corrected chi connectivity index (χ0v) is 11.1. The lowest BCUT2D eigenvalue weighted by molar-refractivity contribution is -0.137. The van der Waals surface area contributed by atoms with Crippen molar-refractivity contribution >= 4 is 17.6 Å². The summed E-state index contributed by atoms with van der Waals surface area (Å²) in [7, 11) is 0. The van der Waals surface area contributed by atoms with Crippen molar-refractivity contribution in [3.63, 3.8) is 0 Å². The van der Waals surface area contributed by atoms with Gasteiger partial charge in [0, 0.05) is 25.2 Å². The van der Waals surface area contributed by atoms with Crippen LogP contribution in [0.5, 0.6) is 0 Å². The maximum absolute atomic E-state index is 11.4.